The SMILES string of the molecule is CCC1OC(=O)C[C@@H](O)[C@H](C)[C@@H](O[C@@H]2OC(C)CC(N(C)C)C2O)[C@@H](CC=O)C[C@@H](C)C(=O)/C=C/C(C)=C/[C@@H]1C. The van der Waals surface area contributed by atoms with Gasteiger partial charge in [0.25, 0.3) is 0 Å². The molecule has 0 radical (unpaired) electrons. The molecule has 1 saturated heterocycles. The summed E-state index contributed by atoms with van der Waals surface area (Å²) in [6, 6.07) is -0.213. The molecular formula is C31H51NO8. The fraction of sp³-hybridized carbons (Fsp3) is 0.774. The van der Waals surface area contributed by atoms with Crippen LogP contribution < -0.4 is 0 Å². The van der Waals surface area contributed by atoms with Crippen LogP contribution in [0.3, 0.4) is 0 Å². The van der Waals surface area contributed by atoms with Gasteiger partial charge in [0.2, 0.25) is 0 Å². The Labute approximate surface area is 239 Å². The minimum absolute atomic E-state index is 0.0796. The van der Waals surface area contributed by atoms with E-state index in [4.69, 9.17) is 14.2 Å². The van der Waals surface area contributed by atoms with Crippen molar-refractivity contribution < 1.29 is 38.8 Å². The number of esters is 1. The Balaban J connectivity index is 2.48. The standard InChI is InChI=1S/C31H51NO8/c1-9-27-20(4)14-18(2)10-11-25(34)19(3)15-23(12-13-33)30(22(6)26(35)17-28(36)39-27)40-31-29(37)24(32(7)8)16-21(5)38-31/h10-11,13-14,19-24,26-27,29-31,35,37H,9,12,15-17H2,1-8H3/b11-10+,18-14+/t19-,20+,21?,22+,23+,24?,26-,27?,29?,30-,31+/m1/s1. The maximum Gasteiger partial charge on any atom is 0.308 e. The van der Waals surface area contributed by atoms with Gasteiger partial charge in [0, 0.05) is 30.2 Å². The number of aliphatic hydroxyl groups excluding tert-OH is 2. The van der Waals surface area contributed by atoms with Crippen molar-refractivity contribution in [2.75, 3.05) is 14.1 Å². The van der Waals surface area contributed by atoms with Crippen LogP contribution >= 0.6 is 0 Å². The summed E-state index contributed by atoms with van der Waals surface area (Å²) < 4.78 is 18.2. The number of carbonyl (C=O) groups is 3. The van der Waals surface area contributed by atoms with Gasteiger partial charge in [-0.3, -0.25) is 9.59 Å². The van der Waals surface area contributed by atoms with E-state index in [1.807, 2.05) is 59.7 Å². The summed E-state index contributed by atoms with van der Waals surface area (Å²) in [7, 11) is 3.76. The van der Waals surface area contributed by atoms with Crippen molar-refractivity contribution in [2.45, 2.75) is 116 Å². The number of likely N-dealkylation sites (N-methyl/N-ethyl adjacent to an activating group) is 1. The van der Waals surface area contributed by atoms with Gasteiger partial charge >= 0.3 is 5.97 Å². The van der Waals surface area contributed by atoms with Gasteiger partial charge < -0.3 is 34.1 Å². The van der Waals surface area contributed by atoms with E-state index in [1.165, 1.54) is 0 Å². The molecule has 1 fully saturated rings. The molecule has 2 rings (SSSR count). The monoisotopic (exact) mass is 565 g/mol. The summed E-state index contributed by atoms with van der Waals surface area (Å²) in [4.78, 5) is 39.7. The van der Waals surface area contributed by atoms with Gasteiger partial charge in [-0.15, -0.1) is 0 Å². The number of hydrogen-bond acceptors (Lipinski definition) is 9. The highest BCUT2D eigenvalue weighted by molar-refractivity contribution is 5.91. The number of aldehydes is 1. The Morgan fingerprint density at radius 3 is 2.38 bits per heavy atom. The quantitative estimate of drug-likeness (QED) is 0.368. The molecule has 0 aromatic carbocycles. The Bertz CT molecular complexity index is 902. The maximum atomic E-state index is 13.1. The molecule has 40 heavy (non-hydrogen) atoms. The van der Waals surface area contributed by atoms with Crippen molar-refractivity contribution in [1.29, 1.82) is 0 Å². The molecule has 2 aliphatic rings. The molecule has 228 valence electrons. The van der Waals surface area contributed by atoms with E-state index in [-0.39, 0.29) is 42.8 Å². The molecule has 0 spiro atoms. The third-order valence-corrected chi connectivity index (χ3v) is 8.38. The third kappa shape index (κ3) is 9.58. The molecule has 2 heterocycles. The number of ether oxygens (including phenoxy) is 3. The van der Waals surface area contributed by atoms with Crippen molar-refractivity contribution >= 4 is 18.0 Å². The molecule has 0 aliphatic carbocycles. The number of allylic oxidation sites excluding steroid dienone is 3. The van der Waals surface area contributed by atoms with E-state index in [1.54, 1.807) is 19.1 Å². The Morgan fingerprint density at radius 2 is 1.77 bits per heavy atom. The van der Waals surface area contributed by atoms with E-state index in [9.17, 15) is 24.6 Å². The number of rotatable bonds is 6. The summed E-state index contributed by atoms with van der Waals surface area (Å²) in [5, 5.41) is 22.3. The molecule has 0 saturated carbocycles. The summed E-state index contributed by atoms with van der Waals surface area (Å²) in [5.41, 5.74) is 0.877. The second kappa shape index (κ2) is 15.9. The molecule has 9 nitrogen and oxygen atoms in total. The van der Waals surface area contributed by atoms with Crippen LogP contribution in [0.2, 0.25) is 0 Å². The van der Waals surface area contributed by atoms with Crippen molar-refractivity contribution in [3.8, 4) is 0 Å². The van der Waals surface area contributed by atoms with Crippen LogP contribution in [0.1, 0.15) is 73.6 Å². The van der Waals surface area contributed by atoms with Gasteiger partial charge in [-0.1, -0.05) is 45.4 Å². The molecule has 0 bridgehead atoms. The fourth-order valence-corrected chi connectivity index (χ4v) is 5.84. The molecule has 0 amide bonds. The molecule has 11 atom stereocenters. The average molecular weight is 566 g/mol. The largest absolute Gasteiger partial charge is 0.462 e. The van der Waals surface area contributed by atoms with Crippen LogP contribution in [-0.4, -0.2) is 90.1 Å². The van der Waals surface area contributed by atoms with Crippen molar-refractivity contribution in [3.63, 3.8) is 0 Å². The van der Waals surface area contributed by atoms with Gasteiger partial charge in [-0.25, -0.2) is 0 Å². The summed E-state index contributed by atoms with van der Waals surface area (Å²) in [6.45, 7) is 11.3. The van der Waals surface area contributed by atoms with E-state index in [2.05, 4.69) is 0 Å². The lowest BCUT2D eigenvalue weighted by Crippen LogP contribution is -2.56. The number of ketones is 1. The fourth-order valence-electron chi connectivity index (χ4n) is 5.84. The minimum atomic E-state index is -1.14. The van der Waals surface area contributed by atoms with E-state index in [0.29, 0.717) is 19.3 Å². The predicted octanol–water partition coefficient (Wildman–Crippen LogP) is 3.46. The van der Waals surface area contributed by atoms with E-state index < -0.39 is 48.3 Å². The molecule has 2 N–H and O–H groups in total. The summed E-state index contributed by atoms with van der Waals surface area (Å²) in [6.07, 6.45) is 2.94. The summed E-state index contributed by atoms with van der Waals surface area (Å²) >= 11 is 0. The lowest BCUT2D eigenvalue weighted by atomic mass is 9.79. The van der Waals surface area contributed by atoms with Gasteiger partial charge in [0.05, 0.1) is 24.7 Å². The van der Waals surface area contributed by atoms with Crippen LogP contribution in [-0.2, 0) is 28.6 Å². The van der Waals surface area contributed by atoms with Gasteiger partial charge in [0.1, 0.15) is 18.5 Å². The summed E-state index contributed by atoms with van der Waals surface area (Å²) in [5.74, 6) is -2.20. The highest BCUT2D eigenvalue weighted by Crippen LogP contribution is 2.34. The van der Waals surface area contributed by atoms with Gasteiger partial charge in [0.15, 0.2) is 12.1 Å². The number of nitrogens with zero attached hydrogens (tertiary/aromatic N) is 1. The molecule has 4 unspecified atom stereocenters. The molecular weight excluding hydrogens is 514 g/mol. The molecule has 0 aromatic heterocycles. The average Bonchev–Trinajstić information content (AvgIpc) is 2.88. The lowest BCUT2D eigenvalue weighted by molar-refractivity contribution is -0.283. The highest BCUT2D eigenvalue weighted by atomic mass is 16.7. The highest BCUT2D eigenvalue weighted by Gasteiger charge is 2.43. The minimum Gasteiger partial charge on any atom is -0.462 e. The Kier molecular flexibility index (Phi) is 13.6. The number of aliphatic hydroxyl groups is 2. The number of carbonyl (C=O) groups excluding carboxylic acids is 3. The normalized spacial score (nSPS) is 41.2. The molecule has 9 heteroatoms. The van der Waals surface area contributed by atoms with Crippen molar-refractivity contribution in [2.24, 2.45) is 23.7 Å². The third-order valence-electron chi connectivity index (χ3n) is 8.38. The first-order chi connectivity index (χ1) is 18.8. The van der Waals surface area contributed by atoms with Crippen LogP contribution in [0, 0.1) is 23.7 Å². The second-order valence-electron chi connectivity index (χ2n) is 12.0. The zero-order chi connectivity index (χ0) is 30.1. The smallest absolute Gasteiger partial charge is 0.308 e. The second-order valence-corrected chi connectivity index (χ2v) is 12.0. The van der Waals surface area contributed by atoms with Crippen molar-refractivity contribution in [1.82, 2.24) is 4.90 Å². The zero-order valence-electron chi connectivity index (χ0n) is 25.5. The van der Waals surface area contributed by atoms with Crippen molar-refractivity contribution in [3.05, 3.63) is 23.8 Å². The van der Waals surface area contributed by atoms with Crippen LogP contribution in [0.25, 0.3) is 0 Å². The Hall–Kier alpha value is -1.91. The lowest BCUT2D eigenvalue weighted by Gasteiger charge is -2.44. The van der Waals surface area contributed by atoms with Crippen LogP contribution in [0.5, 0.6) is 0 Å². The van der Waals surface area contributed by atoms with Gasteiger partial charge in [-0.2, -0.15) is 0 Å². The van der Waals surface area contributed by atoms with Gasteiger partial charge in [-0.05, 0) is 59.2 Å². The van der Waals surface area contributed by atoms with E-state index in [0.717, 1.165) is 11.9 Å². The maximum absolute atomic E-state index is 13.1. The zero-order valence-corrected chi connectivity index (χ0v) is 25.5. The molecule has 2 aliphatic heterocycles. The number of cyclic esters (lactones) is 1. The van der Waals surface area contributed by atoms with Crippen LogP contribution in [0.4, 0.5) is 0 Å². The van der Waals surface area contributed by atoms with E-state index >= 15 is 0 Å². The Morgan fingerprint density at radius 1 is 1.10 bits per heavy atom. The predicted molar refractivity (Wildman–Crippen MR) is 152 cm³/mol. The first-order valence-electron chi connectivity index (χ1n) is 14.7. The number of hydrogen-bond donors (Lipinski definition) is 2. The van der Waals surface area contributed by atoms with Crippen LogP contribution in [0.15, 0.2) is 23.8 Å². The molecule has 0 aromatic rings. The topological polar surface area (TPSA) is 123 Å². The first kappa shape index (κ1) is 34.3. The first-order valence-corrected chi connectivity index (χ1v) is 14.7.